The van der Waals surface area contributed by atoms with E-state index in [9.17, 15) is 14.4 Å². The molecule has 0 radical (unpaired) electrons. The average molecular weight is 414 g/mol. The van der Waals surface area contributed by atoms with E-state index in [2.05, 4.69) is 15.0 Å². The van der Waals surface area contributed by atoms with E-state index in [4.69, 9.17) is 0 Å². The first-order valence-electron chi connectivity index (χ1n) is 9.60. The SMILES string of the molecule is CCCCn1c(=O)[nH]c(=O)c2c1nc(Cn1cnc3sc(CC)cc3c1=O)n2C. The molecular formula is C19H22N6O3S. The van der Waals surface area contributed by atoms with Gasteiger partial charge in [-0.25, -0.2) is 14.8 Å². The number of aromatic amines is 1. The Hall–Kier alpha value is -3.01. The Kier molecular flexibility index (Phi) is 4.95. The molecule has 0 atom stereocenters. The molecular weight excluding hydrogens is 392 g/mol. The van der Waals surface area contributed by atoms with Gasteiger partial charge in [0.25, 0.3) is 11.1 Å². The third-order valence-electron chi connectivity index (χ3n) is 5.07. The van der Waals surface area contributed by atoms with Crippen LogP contribution in [0.2, 0.25) is 0 Å². The molecule has 10 heteroatoms. The summed E-state index contributed by atoms with van der Waals surface area (Å²) < 4.78 is 4.61. The van der Waals surface area contributed by atoms with Crippen molar-refractivity contribution in [2.24, 2.45) is 7.05 Å². The number of thiophene rings is 1. The van der Waals surface area contributed by atoms with E-state index < -0.39 is 11.2 Å². The third kappa shape index (κ3) is 3.23. The van der Waals surface area contributed by atoms with Gasteiger partial charge in [-0.15, -0.1) is 11.3 Å². The smallest absolute Gasteiger partial charge is 0.324 e. The van der Waals surface area contributed by atoms with Gasteiger partial charge >= 0.3 is 5.69 Å². The first-order chi connectivity index (χ1) is 13.9. The Morgan fingerprint density at radius 2 is 2.00 bits per heavy atom. The topological polar surface area (TPSA) is 108 Å². The lowest BCUT2D eigenvalue weighted by atomic mass is 10.3. The predicted octanol–water partition coefficient (Wildman–Crippen LogP) is 1.61. The molecule has 0 amide bonds. The Balaban J connectivity index is 1.84. The van der Waals surface area contributed by atoms with Crippen LogP contribution in [0, 0.1) is 0 Å². The molecule has 152 valence electrons. The maximum Gasteiger partial charge on any atom is 0.330 e. The van der Waals surface area contributed by atoms with Gasteiger partial charge in [0.2, 0.25) is 0 Å². The summed E-state index contributed by atoms with van der Waals surface area (Å²) in [5.74, 6) is 0.510. The number of unbranched alkanes of at least 4 members (excludes halogenated alkanes) is 1. The van der Waals surface area contributed by atoms with Crippen molar-refractivity contribution in [2.75, 3.05) is 0 Å². The van der Waals surface area contributed by atoms with E-state index in [1.807, 2.05) is 19.9 Å². The van der Waals surface area contributed by atoms with Crippen molar-refractivity contribution < 1.29 is 0 Å². The maximum absolute atomic E-state index is 12.9. The Morgan fingerprint density at radius 1 is 1.21 bits per heavy atom. The van der Waals surface area contributed by atoms with Crippen molar-refractivity contribution in [3.8, 4) is 0 Å². The zero-order chi connectivity index (χ0) is 20.7. The van der Waals surface area contributed by atoms with Gasteiger partial charge in [-0.05, 0) is 18.9 Å². The highest BCUT2D eigenvalue weighted by atomic mass is 32.1. The number of imidazole rings is 1. The lowest BCUT2D eigenvalue weighted by molar-refractivity contribution is 0.612. The largest absolute Gasteiger partial charge is 0.330 e. The number of aryl methyl sites for hydroxylation is 3. The van der Waals surface area contributed by atoms with Crippen LogP contribution in [0.1, 0.15) is 37.4 Å². The zero-order valence-electron chi connectivity index (χ0n) is 16.6. The fraction of sp³-hybridized carbons (Fsp3) is 0.421. The van der Waals surface area contributed by atoms with Gasteiger partial charge < -0.3 is 4.57 Å². The molecule has 0 aromatic carbocycles. The first kappa shape index (κ1) is 19.3. The molecule has 4 aromatic heterocycles. The minimum Gasteiger partial charge on any atom is -0.324 e. The van der Waals surface area contributed by atoms with Crippen LogP contribution in [0.4, 0.5) is 0 Å². The monoisotopic (exact) mass is 414 g/mol. The van der Waals surface area contributed by atoms with Crippen molar-refractivity contribution in [1.82, 2.24) is 28.7 Å². The fourth-order valence-corrected chi connectivity index (χ4v) is 4.33. The van der Waals surface area contributed by atoms with Gasteiger partial charge in [-0.3, -0.25) is 23.7 Å². The van der Waals surface area contributed by atoms with E-state index in [-0.39, 0.29) is 12.1 Å². The number of nitrogens with one attached hydrogen (secondary N) is 1. The van der Waals surface area contributed by atoms with Crippen molar-refractivity contribution >= 4 is 32.7 Å². The number of hydrogen-bond acceptors (Lipinski definition) is 6. The number of nitrogens with zero attached hydrogens (tertiary/aromatic N) is 5. The summed E-state index contributed by atoms with van der Waals surface area (Å²) >= 11 is 1.52. The number of hydrogen-bond donors (Lipinski definition) is 1. The molecule has 0 aliphatic carbocycles. The normalized spacial score (nSPS) is 11.7. The van der Waals surface area contributed by atoms with Crippen LogP contribution < -0.4 is 16.8 Å². The predicted molar refractivity (Wildman–Crippen MR) is 113 cm³/mol. The Labute approximate surface area is 169 Å². The molecule has 0 saturated heterocycles. The van der Waals surface area contributed by atoms with Gasteiger partial charge in [0, 0.05) is 18.5 Å². The number of aromatic nitrogens is 6. The molecule has 0 aliphatic rings. The second-order valence-electron chi connectivity index (χ2n) is 6.99. The van der Waals surface area contributed by atoms with Crippen molar-refractivity contribution in [2.45, 2.75) is 46.2 Å². The number of rotatable bonds is 6. The van der Waals surface area contributed by atoms with Crippen molar-refractivity contribution in [3.63, 3.8) is 0 Å². The molecule has 4 rings (SSSR count). The van der Waals surface area contributed by atoms with Crippen molar-refractivity contribution in [3.05, 3.63) is 54.3 Å². The minimum absolute atomic E-state index is 0.143. The molecule has 1 N–H and O–H groups in total. The second kappa shape index (κ2) is 7.43. The summed E-state index contributed by atoms with van der Waals surface area (Å²) in [6, 6.07) is 1.88. The Bertz CT molecular complexity index is 1390. The van der Waals surface area contributed by atoms with Crippen LogP contribution in [0.15, 0.2) is 26.8 Å². The summed E-state index contributed by atoms with van der Waals surface area (Å²) in [6.07, 6.45) is 4.07. The molecule has 4 aromatic rings. The van der Waals surface area contributed by atoms with Crippen LogP contribution >= 0.6 is 11.3 Å². The standard InChI is InChI=1S/C19H22N6O3S/c1-4-6-7-25-15-14(16(26)22-19(25)28)23(3)13(21-15)9-24-10-20-17-12(18(24)27)8-11(5-2)29-17/h8,10H,4-7,9H2,1-3H3,(H,22,26,28). The average Bonchev–Trinajstić information content (AvgIpc) is 3.26. The van der Waals surface area contributed by atoms with Crippen LogP contribution in [0.5, 0.6) is 0 Å². The highest BCUT2D eigenvalue weighted by Gasteiger charge is 2.17. The second-order valence-corrected chi connectivity index (χ2v) is 8.10. The molecule has 29 heavy (non-hydrogen) atoms. The quantitative estimate of drug-likeness (QED) is 0.516. The maximum atomic E-state index is 12.9. The van der Waals surface area contributed by atoms with E-state index in [1.165, 1.54) is 26.8 Å². The highest BCUT2D eigenvalue weighted by molar-refractivity contribution is 7.18. The third-order valence-corrected chi connectivity index (χ3v) is 6.26. The van der Waals surface area contributed by atoms with Crippen LogP contribution in [-0.2, 0) is 26.6 Å². The molecule has 0 unspecified atom stereocenters. The minimum atomic E-state index is -0.481. The zero-order valence-corrected chi connectivity index (χ0v) is 17.4. The van der Waals surface area contributed by atoms with Gasteiger partial charge in [-0.2, -0.15) is 0 Å². The summed E-state index contributed by atoms with van der Waals surface area (Å²) in [7, 11) is 1.71. The fourth-order valence-electron chi connectivity index (χ4n) is 3.41. The molecule has 0 fully saturated rings. The number of fused-ring (bicyclic) bond motifs is 2. The summed E-state index contributed by atoms with van der Waals surface area (Å²) in [4.78, 5) is 50.7. The van der Waals surface area contributed by atoms with Crippen LogP contribution in [0.25, 0.3) is 21.4 Å². The van der Waals surface area contributed by atoms with Crippen LogP contribution in [-0.4, -0.2) is 28.7 Å². The van der Waals surface area contributed by atoms with Crippen molar-refractivity contribution in [1.29, 1.82) is 0 Å². The first-order valence-corrected chi connectivity index (χ1v) is 10.4. The van der Waals surface area contributed by atoms with E-state index in [0.717, 1.165) is 29.0 Å². The number of H-pyrrole nitrogens is 1. The van der Waals surface area contributed by atoms with Gasteiger partial charge in [0.15, 0.2) is 11.2 Å². The van der Waals surface area contributed by atoms with E-state index >= 15 is 0 Å². The van der Waals surface area contributed by atoms with Crippen LogP contribution in [0.3, 0.4) is 0 Å². The van der Waals surface area contributed by atoms with E-state index in [0.29, 0.717) is 28.9 Å². The highest BCUT2D eigenvalue weighted by Crippen LogP contribution is 2.21. The van der Waals surface area contributed by atoms with E-state index in [1.54, 1.807) is 11.6 Å². The molecule has 0 saturated carbocycles. The van der Waals surface area contributed by atoms with Gasteiger partial charge in [-0.1, -0.05) is 20.3 Å². The molecule has 9 nitrogen and oxygen atoms in total. The lowest BCUT2D eigenvalue weighted by Gasteiger charge is -2.05. The summed E-state index contributed by atoms with van der Waals surface area (Å²) in [5.41, 5.74) is -0.427. The Morgan fingerprint density at radius 3 is 2.72 bits per heavy atom. The van der Waals surface area contributed by atoms with Gasteiger partial charge in [0.1, 0.15) is 10.7 Å². The molecule has 0 aliphatic heterocycles. The molecule has 0 spiro atoms. The molecule has 4 heterocycles. The van der Waals surface area contributed by atoms with Gasteiger partial charge in [0.05, 0.1) is 18.3 Å². The summed E-state index contributed by atoms with van der Waals surface area (Å²) in [5, 5.41) is 0.589. The lowest BCUT2D eigenvalue weighted by Crippen LogP contribution is -2.31. The molecule has 0 bridgehead atoms. The summed E-state index contributed by atoms with van der Waals surface area (Å²) in [6.45, 7) is 4.70.